The zero-order valence-corrected chi connectivity index (χ0v) is 11.7. The van der Waals surface area contributed by atoms with Crippen molar-refractivity contribution in [3.05, 3.63) is 40.8 Å². The Kier molecular flexibility index (Phi) is 3.36. The van der Waals surface area contributed by atoms with Crippen molar-refractivity contribution in [1.82, 2.24) is 5.16 Å². The van der Waals surface area contributed by atoms with E-state index in [1.54, 1.807) is 0 Å². The Labute approximate surface area is 117 Å². The summed E-state index contributed by atoms with van der Waals surface area (Å²) in [7, 11) is 0. The van der Waals surface area contributed by atoms with E-state index in [1.165, 1.54) is 0 Å². The number of anilines is 1. The highest BCUT2D eigenvalue weighted by Gasteiger charge is 2.21. The molecule has 3 rings (SSSR count). The molecule has 5 nitrogen and oxygen atoms in total. The third-order valence-electron chi connectivity index (χ3n) is 3.70. The van der Waals surface area contributed by atoms with Crippen LogP contribution in [0.5, 0.6) is 5.75 Å². The molecule has 1 N–H and O–H groups in total. The summed E-state index contributed by atoms with van der Waals surface area (Å²) in [5.74, 6) is 1.72. The molecule has 0 atom stereocenters. The zero-order valence-electron chi connectivity index (χ0n) is 11.7. The minimum atomic E-state index is 0.0342. The highest BCUT2D eigenvalue weighted by Crippen LogP contribution is 2.34. The van der Waals surface area contributed by atoms with Gasteiger partial charge in [0.2, 0.25) is 0 Å². The number of benzene rings is 1. The summed E-state index contributed by atoms with van der Waals surface area (Å²) in [6.07, 6.45) is 0. The van der Waals surface area contributed by atoms with Gasteiger partial charge in [0.1, 0.15) is 18.1 Å². The van der Waals surface area contributed by atoms with Gasteiger partial charge in [0, 0.05) is 12.1 Å². The van der Waals surface area contributed by atoms with Gasteiger partial charge in [0.05, 0.1) is 24.5 Å². The molecule has 0 fully saturated rings. The third-order valence-corrected chi connectivity index (χ3v) is 3.70. The first-order valence-corrected chi connectivity index (χ1v) is 6.72. The lowest BCUT2D eigenvalue weighted by Crippen LogP contribution is -2.32. The van der Waals surface area contributed by atoms with E-state index in [1.807, 2.05) is 32.0 Å². The lowest BCUT2D eigenvalue weighted by atomic mass is 10.1. The number of aliphatic hydroxyl groups is 1. The van der Waals surface area contributed by atoms with Crippen LogP contribution >= 0.6 is 0 Å². The van der Waals surface area contributed by atoms with E-state index in [-0.39, 0.29) is 6.61 Å². The summed E-state index contributed by atoms with van der Waals surface area (Å²) >= 11 is 0. The maximum absolute atomic E-state index is 9.29. The second kappa shape index (κ2) is 5.17. The van der Waals surface area contributed by atoms with Gasteiger partial charge in [0.15, 0.2) is 0 Å². The predicted octanol–water partition coefficient (Wildman–Crippen LogP) is 2.18. The Morgan fingerprint density at radius 1 is 1.35 bits per heavy atom. The average Bonchev–Trinajstić information content (AvgIpc) is 2.79. The van der Waals surface area contributed by atoms with Gasteiger partial charge in [0.25, 0.3) is 0 Å². The summed E-state index contributed by atoms with van der Waals surface area (Å²) in [5, 5.41) is 13.3. The van der Waals surface area contributed by atoms with Crippen molar-refractivity contribution in [2.24, 2.45) is 0 Å². The molecule has 5 heteroatoms. The average molecular weight is 274 g/mol. The number of fused-ring (bicyclic) bond motifs is 1. The number of hydrogen-bond donors (Lipinski definition) is 1. The molecule has 0 spiro atoms. The summed E-state index contributed by atoms with van der Waals surface area (Å²) in [6.45, 7) is 6.14. The van der Waals surface area contributed by atoms with Crippen molar-refractivity contribution in [2.75, 3.05) is 18.1 Å². The number of aromatic nitrogens is 1. The summed E-state index contributed by atoms with van der Waals surface area (Å²) in [5.41, 5.74) is 3.95. The monoisotopic (exact) mass is 274 g/mol. The molecule has 1 aromatic heterocycles. The highest BCUT2D eigenvalue weighted by atomic mass is 16.5. The predicted molar refractivity (Wildman–Crippen MR) is 74.9 cm³/mol. The van der Waals surface area contributed by atoms with E-state index in [2.05, 4.69) is 10.1 Å². The lowest BCUT2D eigenvalue weighted by Gasteiger charge is -2.31. The number of ether oxygens (including phenoxy) is 1. The van der Waals surface area contributed by atoms with Crippen LogP contribution in [0, 0.1) is 13.8 Å². The maximum Gasteiger partial charge on any atom is 0.142 e. The van der Waals surface area contributed by atoms with E-state index in [0.29, 0.717) is 6.61 Å². The summed E-state index contributed by atoms with van der Waals surface area (Å²) in [6, 6.07) is 5.78. The van der Waals surface area contributed by atoms with E-state index in [4.69, 9.17) is 9.26 Å². The molecule has 0 saturated heterocycles. The van der Waals surface area contributed by atoms with Crippen LogP contribution in [-0.2, 0) is 13.2 Å². The molecule has 1 aromatic carbocycles. The van der Waals surface area contributed by atoms with Crippen LogP contribution in [-0.4, -0.2) is 23.4 Å². The normalized spacial score (nSPS) is 14.1. The van der Waals surface area contributed by atoms with Gasteiger partial charge in [-0.05, 0) is 31.5 Å². The lowest BCUT2D eigenvalue weighted by molar-refractivity contribution is 0.280. The molecular formula is C15H18N2O3. The van der Waals surface area contributed by atoms with Gasteiger partial charge >= 0.3 is 0 Å². The molecular weight excluding hydrogens is 256 g/mol. The van der Waals surface area contributed by atoms with Crippen molar-refractivity contribution in [1.29, 1.82) is 0 Å². The summed E-state index contributed by atoms with van der Waals surface area (Å²) < 4.78 is 10.9. The van der Waals surface area contributed by atoms with E-state index >= 15 is 0 Å². The molecule has 1 aliphatic rings. The maximum atomic E-state index is 9.29. The third kappa shape index (κ3) is 2.25. The Hall–Kier alpha value is -2.01. The number of nitrogens with zero attached hydrogens (tertiary/aromatic N) is 2. The number of hydrogen-bond acceptors (Lipinski definition) is 5. The number of aliphatic hydroxyl groups excluding tert-OH is 1. The van der Waals surface area contributed by atoms with Crippen molar-refractivity contribution >= 4 is 5.69 Å². The van der Waals surface area contributed by atoms with Gasteiger partial charge in [-0.15, -0.1) is 0 Å². The molecule has 0 saturated carbocycles. The van der Waals surface area contributed by atoms with E-state index < -0.39 is 0 Å². The van der Waals surface area contributed by atoms with Gasteiger partial charge in [-0.3, -0.25) is 0 Å². The highest BCUT2D eigenvalue weighted by molar-refractivity contribution is 5.61. The van der Waals surface area contributed by atoms with Crippen molar-refractivity contribution in [3.63, 3.8) is 0 Å². The van der Waals surface area contributed by atoms with Gasteiger partial charge in [-0.2, -0.15) is 0 Å². The largest absolute Gasteiger partial charge is 0.490 e. The molecule has 106 valence electrons. The van der Waals surface area contributed by atoms with Crippen molar-refractivity contribution in [3.8, 4) is 5.75 Å². The van der Waals surface area contributed by atoms with Crippen LogP contribution in [0.25, 0.3) is 0 Å². The van der Waals surface area contributed by atoms with Gasteiger partial charge in [-0.1, -0.05) is 11.2 Å². The molecule has 2 heterocycles. The second-order valence-electron chi connectivity index (χ2n) is 5.03. The Balaban J connectivity index is 1.93. The quantitative estimate of drug-likeness (QED) is 0.929. The van der Waals surface area contributed by atoms with Crippen LogP contribution in [0.2, 0.25) is 0 Å². The molecule has 0 radical (unpaired) electrons. The van der Waals surface area contributed by atoms with Crippen LogP contribution < -0.4 is 9.64 Å². The Morgan fingerprint density at radius 2 is 2.20 bits per heavy atom. The molecule has 0 unspecified atom stereocenters. The van der Waals surface area contributed by atoms with Crippen LogP contribution in [0.15, 0.2) is 22.7 Å². The fourth-order valence-corrected chi connectivity index (χ4v) is 2.50. The van der Waals surface area contributed by atoms with E-state index in [0.717, 1.165) is 47.1 Å². The smallest absolute Gasteiger partial charge is 0.142 e. The molecule has 1 aliphatic heterocycles. The number of rotatable bonds is 3. The standard InChI is InChI=1S/C15H18N2O3/c1-10-13(11(2)20-16-10)8-17-5-6-19-15-4-3-12(9-18)7-14(15)17/h3-4,7,18H,5-6,8-9H2,1-2H3. The minimum Gasteiger partial charge on any atom is -0.490 e. The van der Waals surface area contributed by atoms with Crippen molar-refractivity contribution < 1.29 is 14.4 Å². The molecule has 0 amide bonds. The van der Waals surface area contributed by atoms with Crippen LogP contribution in [0.4, 0.5) is 5.69 Å². The first kappa shape index (κ1) is 13.0. The molecule has 2 aromatic rings. The Morgan fingerprint density at radius 3 is 2.90 bits per heavy atom. The van der Waals surface area contributed by atoms with Crippen LogP contribution in [0.3, 0.4) is 0 Å². The SMILES string of the molecule is Cc1noc(C)c1CN1CCOc2ccc(CO)cc21. The van der Waals surface area contributed by atoms with Crippen molar-refractivity contribution in [2.45, 2.75) is 27.0 Å². The van der Waals surface area contributed by atoms with E-state index in [9.17, 15) is 5.11 Å². The topological polar surface area (TPSA) is 58.7 Å². The minimum absolute atomic E-state index is 0.0342. The molecule has 20 heavy (non-hydrogen) atoms. The van der Waals surface area contributed by atoms with Gasteiger partial charge < -0.3 is 19.3 Å². The molecule has 0 bridgehead atoms. The first-order chi connectivity index (χ1) is 9.69. The Bertz CT molecular complexity index is 602. The fourth-order valence-electron chi connectivity index (χ4n) is 2.50. The second-order valence-corrected chi connectivity index (χ2v) is 5.03. The number of aryl methyl sites for hydroxylation is 2. The first-order valence-electron chi connectivity index (χ1n) is 6.72. The fraction of sp³-hybridized carbons (Fsp3) is 0.400. The van der Waals surface area contributed by atoms with Crippen LogP contribution in [0.1, 0.15) is 22.6 Å². The zero-order chi connectivity index (χ0) is 14.1. The van der Waals surface area contributed by atoms with Gasteiger partial charge in [-0.25, -0.2) is 0 Å². The summed E-state index contributed by atoms with van der Waals surface area (Å²) in [4.78, 5) is 2.24. The molecule has 0 aliphatic carbocycles.